The molecule has 4 aromatic rings. The first-order valence-electron chi connectivity index (χ1n) is 14.7. The Morgan fingerprint density at radius 2 is 1.54 bits per heavy atom. The number of anilines is 1. The van der Waals surface area contributed by atoms with E-state index >= 15 is 0 Å². The van der Waals surface area contributed by atoms with Crippen molar-refractivity contribution in [2.45, 2.75) is 50.7 Å². The van der Waals surface area contributed by atoms with Gasteiger partial charge in [0.05, 0.1) is 27.7 Å². The molecule has 0 bridgehead atoms. The maximum absolute atomic E-state index is 14.5. The van der Waals surface area contributed by atoms with Crippen molar-refractivity contribution in [2.24, 2.45) is 0 Å². The molecule has 0 aliphatic heterocycles. The van der Waals surface area contributed by atoms with Crippen LogP contribution in [-0.4, -0.2) is 50.9 Å². The van der Waals surface area contributed by atoms with Gasteiger partial charge in [-0.2, -0.15) is 0 Å². The fourth-order valence-electron chi connectivity index (χ4n) is 4.90. The quantitative estimate of drug-likeness (QED) is 0.170. The largest absolute Gasteiger partial charge is 0.497 e. The number of benzene rings is 4. The highest BCUT2D eigenvalue weighted by molar-refractivity contribution is 7.92. The molecule has 4 rings (SSSR count). The van der Waals surface area contributed by atoms with Crippen molar-refractivity contribution in [3.8, 4) is 5.75 Å². The van der Waals surface area contributed by atoms with Crippen LogP contribution < -0.4 is 14.4 Å². The zero-order chi connectivity index (χ0) is 33.4. The highest BCUT2D eigenvalue weighted by atomic mass is 35.5. The third kappa shape index (κ3) is 8.81. The van der Waals surface area contributed by atoms with Crippen LogP contribution >= 0.6 is 23.2 Å². The van der Waals surface area contributed by atoms with Crippen LogP contribution in [0.3, 0.4) is 0 Å². The van der Waals surface area contributed by atoms with E-state index in [0.29, 0.717) is 16.3 Å². The monoisotopic (exact) mass is 681 g/mol. The van der Waals surface area contributed by atoms with E-state index in [0.717, 1.165) is 15.4 Å². The summed E-state index contributed by atoms with van der Waals surface area (Å²) in [5.41, 5.74) is 2.56. The molecular formula is C35H37Cl2N3O5S. The van der Waals surface area contributed by atoms with Gasteiger partial charge in [-0.1, -0.05) is 83.4 Å². The summed E-state index contributed by atoms with van der Waals surface area (Å²) in [5, 5.41) is 3.57. The summed E-state index contributed by atoms with van der Waals surface area (Å²) < 4.78 is 34.8. The maximum atomic E-state index is 14.5. The summed E-state index contributed by atoms with van der Waals surface area (Å²) in [6.45, 7) is 4.90. The number of carbonyl (C=O) groups is 2. The summed E-state index contributed by atoms with van der Waals surface area (Å²) >= 11 is 12.5. The molecule has 2 amide bonds. The molecule has 46 heavy (non-hydrogen) atoms. The first-order valence-corrected chi connectivity index (χ1v) is 16.9. The van der Waals surface area contributed by atoms with Crippen molar-refractivity contribution >= 4 is 50.7 Å². The fraction of sp³-hybridized carbons (Fsp3) is 0.257. The second kappa shape index (κ2) is 15.5. The number of hydrogen-bond acceptors (Lipinski definition) is 5. The number of carbonyl (C=O) groups excluding carboxylic acids is 2. The molecule has 0 saturated heterocycles. The normalized spacial score (nSPS) is 12.0. The van der Waals surface area contributed by atoms with Crippen molar-refractivity contribution in [3.05, 3.63) is 124 Å². The van der Waals surface area contributed by atoms with E-state index in [1.54, 1.807) is 54.6 Å². The van der Waals surface area contributed by atoms with Gasteiger partial charge in [0, 0.05) is 25.1 Å². The minimum absolute atomic E-state index is 0.0168. The number of nitrogens with zero attached hydrogens (tertiary/aromatic N) is 2. The van der Waals surface area contributed by atoms with Gasteiger partial charge < -0.3 is 15.0 Å². The molecule has 0 spiro atoms. The molecule has 4 aromatic carbocycles. The Labute approximate surface area is 280 Å². The summed E-state index contributed by atoms with van der Waals surface area (Å²) in [7, 11) is -2.77. The lowest BCUT2D eigenvalue weighted by molar-refractivity contribution is -0.140. The molecule has 11 heteroatoms. The van der Waals surface area contributed by atoms with Gasteiger partial charge in [-0.3, -0.25) is 13.9 Å². The van der Waals surface area contributed by atoms with Gasteiger partial charge in [0.25, 0.3) is 10.0 Å². The van der Waals surface area contributed by atoms with E-state index in [1.807, 2.05) is 51.1 Å². The van der Waals surface area contributed by atoms with Gasteiger partial charge in [0.15, 0.2) is 0 Å². The van der Waals surface area contributed by atoms with Crippen LogP contribution in [0.15, 0.2) is 102 Å². The zero-order valence-electron chi connectivity index (χ0n) is 26.1. The van der Waals surface area contributed by atoms with Gasteiger partial charge in [-0.25, -0.2) is 8.42 Å². The number of aryl methyl sites for hydroxylation is 1. The highest BCUT2D eigenvalue weighted by Crippen LogP contribution is 2.29. The number of methoxy groups -OCH3 is 1. The second-order valence-electron chi connectivity index (χ2n) is 11.2. The third-order valence-electron chi connectivity index (χ3n) is 7.27. The molecule has 0 aromatic heterocycles. The minimum Gasteiger partial charge on any atom is -0.497 e. The molecule has 1 N–H and O–H groups in total. The predicted molar refractivity (Wildman–Crippen MR) is 183 cm³/mol. The molecule has 0 aliphatic rings. The Balaban J connectivity index is 1.83. The third-order valence-corrected chi connectivity index (χ3v) is 9.80. The molecule has 242 valence electrons. The number of nitrogens with one attached hydrogen (secondary N) is 1. The Kier molecular flexibility index (Phi) is 11.7. The molecule has 0 fully saturated rings. The predicted octanol–water partition coefficient (Wildman–Crippen LogP) is 6.67. The fourth-order valence-corrected chi connectivity index (χ4v) is 6.63. The van der Waals surface area contributed by atoms with E-state index in [-0.39, 0.29) is 40.5 Å². The second-order valence-corrected chi connectivity index (χ2v) is 13.8. The van der Waals surface area contributed by atoms with Crippen LogP contribution in [0.25, 0.3) is 0 Å². The number of amides is 2. The molecule has 0 radical (unpaired) electrons. The smallest absolute Gasteiger partial charge is 0.264 e. The van der Waals surface area contributed by atoms with Gasteiger partial charge in [-0.05, 0) is 68.3 Å². The lowest BCUT2D eigenvalue weighted by atomic mass is 10.0. The molecule has 0 aliphatic carbocycles. The van der Waals surface area contributed by atoms with E-state index < -0.39 is 28.5 Å². The first-order chi connectivity index (χ1) is 21.9. The molecule has 1 atom stereocenters. The van der Waals surface area contributed by atoms with Gasteiger partial charge in [-0.15, -0.1) is 0 Å². The Hall–Kier alpha value is -4.05. The number of ether oxygens (including phenoxy) is 1. The van der Waals surface area contributed by atoms with Gasteiger partial charge in [0.1, 0.15) is 18.3 Å². The standard InChI is InChI=1S/C35H37Cl2N3O5S/c1-24(2)38-35(42)33(20-26-9-6-5-7-10-26)39(22-27-15-18-31(36)32(37)19-27)34(41)23-40(28-11-8-12-29(21-28)45-4)46(43,44)30-16-13-25(3)14-17-30/h5-19,21,24,33H,20,22-23H2,1-4H3,(H,38,42)/t33-/m0/s1. The summed E-state index contributed by atoms with van der Waals surface area (Å²) in [5.74, 6) is -0.550. The van der Waals surface area contributed by atoms with E-state index in [1.165, 1.54) is 24.1 Å². The molecular weight excluding hydrogens is 645 g/mol. The molecule has 0 saturated carbocycles. The van der Waals surface area contributed by atoms with Crippen LogP contribution in [0.2, 0.25) is 10.0 Å². The number of halogens is 2. The van der Waals surface area contributed by atoms with Gasteiger partial charge in [0.2, 0.25) is 11.8 Å². The average molecular weight is 683 g/mol. The average Bonchev–Trinajstić information content (AvgIpc) is 3.03. The Morgan fingerprint density at radius 3 is 2.17 bits per heavy atom. The molecule has 8 nitrogen and oxygen atoms in total. The summed E-state index contributed by atoms with van der Waals surface area (Å²) in [4.78, 5) is 29.8. The number of sulfonamides is 1. The van der Waals surface area contributed by atoms with Crippen molar-refractivity contribution in [2.75, 3.05) is 18.0 Å². The van der Waals surface area contributed by atoms with Crippen molar-refractivity contribution in [1.82, 2.24) is 10.2 Å². The lowest BCUT2D eigenvalue weighted by Crippen LogP contribution is -2.54. The summed E-state index contributed by atoms with van der Waals surface area (Å²) in [6, 6.07) is 26.0. The summed E-state index contributed by atoms with van der Waals surface area (Å²) in [6.07, 6.45) is 0.191. The van der Waals surface area contributed by atoms with Crippen molar-refractivity contribution < 1.29 is 22.7 Å². The van der Waals surface area contributed by atoms with Crippen LogP contribution in [0.1, 0.15) is 30.5 Å². The zero-order valence-corrected chi connectivity index (χ0v) is 28.4. The van der Waals surface area contributed by atoms with E-state index in [4.69, 9.17) is 27.9 Å². The highest BCUT2D eigenvalue weighted by Gasteiger charge is 2.35. The van der Waals surface area contributed by atoms with Crippen LogP contribution in [-0.2, 0) is 32.6 Å². The molecule has 0 heterocycles. The SMILES string of the molecule is COc1cccc(N(CC(=O)N(Cc2ccc(Cl)c(Cl)c2)[C@@H](Cc2ccccc2)C(=O)NC(C)C)S(=O)(=O)c2ccc(C)cc2)c1. The van der Waals surface area contributed by atoms with Gasteiger partial charge >= 0.3 is 0 Å². The van der Waals surface area contributed by atoms with Crippen LogP contribution in [0, 0.1) is 6.92 Å². The van der Waals surface area contributed by atoms with Crippen LogP contribution in [0.4, 0.5) is 5.69 Å². The topological polar surface area (TPSA) is 96.0 Å². The van der Waals surface area contributed by atoms with E-state index in [9.17, 15) is 18.0 Å². The number of rotatable bonds is 13. The van der Waals surface area contributed by atoms with Crippen molar-refractivity contribution in [1.29, 1.82) is 0 Å². The Morgan fingerprint density at radius 1 is 0.848 bits per heavy atom. The lowest BCUT2D eigenvalue weighted by Gasteiger charge is -2.34. The maximum Gasteiger partial charge on any atom is 0.264 e. The first kappa shape index (κ1) is 34.8. The van der Waals surface area contributed by atoms with E-state index in [2.05, 4.69) is 5.32 Å². The molecule has 0 unspecified atom stereocenters. The van der Waals surface area contributed by atoms with Crippen LogP contribution in [0.5, 0.6) is 5.75 Å². The minimum atomic E-state index is -4.24. The van der Waals surface area contributed by atoms with Crippen molar-refractivity contribution in [3.63, 3.8) is 0 Å². The Bertz CT molecular complexity index is 1770. The number of hydrogen-bond donors (Lipinski definition) is 1.